The number of hydrogen-bond acceptors (Lipinski definition) is 8. The van der Waals surface area contributed by atoms with Crippen LogP contribution >= 0.6 is 0 Å². The maximum absolute atomic E-state index is 14.7. The van der Waals surface area contributed by atoms with Crippen molar-refractivity contribution in [1.29, 1.82) is 0 Å². The fourth-order valence-corrected chi connectivity index (χ4v) is 8.24. The number of amides is 5. The van der Waals surface area contributed by atoms with Gasteiger partial charge in [-0.3, -0.25) is 14.4 Å². The quantitative estimate of drug-likeness (QED) is 0.177. The number of anilines is 2. The Morgan fingerprint density at radius 3 is 2.27 bits per heavy atom. The molecule has 1 aromatic heterocycles. The number of nitrogens with one attached hydrogen (secondary N) is 2. The molecule has 59 heavy (non-hydrogen) atoms. The summed E-state index contributed by atoms with van der Waals surface area (Å²) in [5.74, 6) is -0.0872. The fraction of sp³-hybridized carbons (Fsp3) is 0.391. The lowest BCUT2D eigenvalue weighted by Gasteiger charge is -2.40. The maximum atomic E-state index is 14.7. The molecule has 7 rings (SSSR count). The van der Waals surface area contributed by atoms with Crippen LogP contribution in [0.2, 0.25) is 0 Å². The first kappa shape index (κ1) is 40.9. The minimum atomic E-state index is -0.867. The minimum Gasteiger partial charge on any atom is -0.445 e. The summed E-state index contributed by atoms with van der Waals surface area (Å²) >= 11 is 0. The molecule has 0 bridgehead atoms. The van der Waals surface area contributed by atoms with E-state index < -0.39 is 28.6 Å². The van der Waals surface area contributed by atoms with Crippen molar-refractivity contribution in [3.05, 3.63) is 125 Å². The van der Waals surface area contributed by atoms with E-state index in [1.54, 1.807) is 23.0 Å². The number of aromatic nitrogens is 1. The van der Waals surface area contributed by atoms with Crippen LogP contribution in [0.3, 0.4) is 0 Å². The molecule has 3 aromatic carbocycles. The number of ether oxygens (including phenoxy) is 2. The molecule has 13 heteroatoms. The molecule has 308 valence electrons. The number of benzene rings is 3. The number of hydrogen-bond donors (Lipinski definition) is 2. The van der Waals surface area contributed by atoms with Gasteiger partial charge in [0.05, 0.1) is 5.41 Å². The van der Waals surface area contributed by atoms with Crippen LogP contribution in [0.5, 0.6) is 0 Å². The molecule has 1 spiro atoms. The number of pyridine rings is 1. The molecule has 2 N–H and O–H groups in total. The lowest BCUT2D eigenvalue weighted by Crippen LogP contribution is -2.51. The van der Waals surface area contributed by atoms with E-state index in [-0.39, 0.29) is 44.0 Å². The van der Waals surface area contributed by atoms with Gasteiger partial charge < -0.3 is 34.8 Å². The molecule has 1 saturated heterocycles. The van der Waals surface area contributed by atoms with Gasteiger partial charge in [0, 0.05) is 56.1 Å². The summed E-state index contributed by atoms with van der Waals surface area (Å²) in [7, 11) is 1.66. The molecule has 4 aromatic rings. The molecule has 1 fully saturated rings. The Bertz CT molecular complexity index is 2250. The van der Waals surface area contributed by atoms with Gasteiger partial charge in [-0.05, 0) is 92.5 Å². The zero-order valence-electron chi connectivity index (χ0n) is 34.4. The van der Waals surface area contributed by atoms with E-state index in [2.05, 4.69) is 15.6 Å². The monoisotopic (exact) mass is 800 g/mol. The maximum Gasteiger partial charge on any atom is 0.410 e. The van der Waals surface area contributed by atoms with Crippen LogP contribution in [0.1, 0.15) is 73.9 Å². The van der Waals surface area contributed by atoms with Gasteiger partial charge in [-0.2, -0.15) is 0 Å². The Balaban J connectivity index is 1.07. The van der Waals surface area contributed by atoms with E-state index in [0.29, 0.717) is 50.3 Å². The Kier molecular flexibility index (Phi) is 11.5. The number of piperidine rings is 1. The largest absolute Gasteiger partial charge is 0.445 e. The average molecular weight is 801 g/mol. The van der Waals surface area contributed by atoms with Gasteiger partial charge in [-0.15, -0.1) is 0 Å². The first-order chi connectivity index (χ1) is 28.1. The summed E-state index contributed by atoms with van der Waals surface area (Å²) in [6.07, 6.45) is 2.53. The van der Waals surface area contributed by atoms with E-state index in [1.807, 2.05) is 113 Å². The highest BCUT2D eigenvalue weighted by atomic mass is 16.6. The molecule has 2 aliphatic heterocycles. The molecule has 5 amide bonds. The summed E-state index contributed by atoms with van der Waals surface area (Å²) < 4.78 is 11.2. The van der Waals surface area contributed by atoms with Crippen LogP contribution in [-0.4, -0.2) is 81.9 Å². The van der Waals surface area contributed by atoms with E-state index in [4.69, 9.17) is 9.47 Å². The minimum absolute atomic E-state index is 0.0805. The van der Waals surface area contributed by atoms with Crippen molar-refractivity contribution in [2.24, 2.45) is 5.41 Å². The number of fused-ring (bicyclic) bond motifs is 3. The first-order valence-corrected chi connectivity index (χ1v) is 20.1. The van der Waals surface area contributed by atoms with Gasteiger partial charge in [0.15, 0.2) is 0 Å². The zero-order chi connectivity index (χ0) is 42.0. The van der Waals surface area contributed by atoms with Crippen molar-refractivity contribution in [2.75, 3.05) is 37.3 Å². The van der Waals surface area contributed by atoms with E-state index >= 15 is 0 Å². The second kappa shape index (κ2) is 16.6. The lowest BCUT2D eigenvalue weighted by molar-refractivity contribution is -0.146. The van der Waals surface area contributed by atoms with E-state index in [1.165, 1.54) is 4.90 Å². The molecule has 0 radical (unpaired) electrons. The molecular formula is C46H52N6O7. The van der Waals surface area contributed by atoms with Crippen molar-refractivity contribution in [3.63, 3.8) is 0 Å². The number of nitrogens with zero attached hydrogens (tertiary/aromatic N) is 4. The summed E-state index contributed by atoms with van der Waals surface area (Å²) in [5.41, 5.74) is 3.63. The van der Waals surface area contributed by atoms with Gasteiger partial charge in [0.1, 0.15) is 24.6 Å². The lowest BCUT2D eigenvalue weighted by atomic mass is 9.79. The predicted molar refractivity (Wildman–Crippen MR) is 222 cm³/mol. The highest BCUT2D eigenvalue weighted by molar-refractivity contribution is 6.06. The van der Waals surface area contributed by atoms with Gasteiger partial charge in [-0.1, -0.05) is 73.7 Å². The standard InChI is InChI=1S/C46H52N6O7/c1-44(2,3)59-42(56)50(5)27-33-14-9-10-15-34(33)28-52(41(55)45(4)19-22-51(23-20-45)43(57)58-30-31-12-7-6-8-13-31)29-38(53)48-36-18-17-32-25-46(26-35(32)24-36)37-16-11-21-47-39(37)49-40(46)54/h6-18,21,24H,19-20,22-23,25-30H2,1-5H3,(H,48,53)(H,47,49,54)/t46-/m1/s1. The van der Waals surface area contributed by atoms with Crippen LogP contribution in [0.15, 0.2) is 91.1 Å². The number of rotatable bonds is 10. The van der Waals surface area contributed by atoms with Crippen LogP contribution in [-0.2, 0) is 61.8 Å². The topological polar surface area (TPSA) is 150 Å². The van der Waals surface area contributed by atoms with Gasteiger partial charge in [0.2, 0.25) is 17.7 Å². The Hall–Kier alpha value is -6.24. The second-order valence-electron chi connectivity index (χ2n) is 17.2. The highest BCUT2D eigenvalue weighted by Gasteiger charge is 2.51. The van der Waals surface area contributed by atoms with Crippen LogP contribution in [0.4, 0.5) is 21.1 Å². The third-order valence-electron chi connectivity index (χ3n) is 11.5. The Morgan fingerprint density at radius 1 is 0.881 bits per heavy atom. The number of likely N-dealkylation sites (tertiary alicyclic amines) is 1. The fourth-order valence-electron chi connectivity index (χ4n) is 8.24. The van der Waals surface area contributed by atoms with Crippen molar-refractivity contribution >= 4 is 41.4 Å². The number of carbonyl (C=O) groups is 5. The van der Waals surface area contributed by atoms with Gasteiger partial charge >= 0.3 is 12.2 Å². The van der Waals surface area contributed by atoms with Gasteiger partial charge in [-0.25, -0.2) is 14.6 Å². The molecule has 0 unspecified atom stereocenters. The zero-order valence-corrected chi connectivity index (χ0v) is 34.4. The Labute approximate surface area is 345 Å². The SMILES string of the molecule is CN(Cc1ccccc1CN(CC(=O)Nc1ccc2c(c1)C[C@@]1(C2)C(=O)Nc2ncccc21)C(=O)C1(C)CCN(C(=O)OCc2ccccc2)CC1)C(=O)OC(C)(C)C. The summed E-state index contributed by atoms with van der Waals surface area (Å²) in [6.45, 7) is 8.21. The van der Waals surface area contributed by atoms with Crippen molar-refractivity contribution in [2.45, 2.75) is 84.1 Å². The van der Waals surface area contributed by atoms with Gasteiger partial charge in [0.25, 0.3) is 0 Å². The predicted octanol–water partition coefficient (Wildman–Crippen LogP) is 6.84. The summed E-state index contributed by atoms with van der Waals surface area (Å²) in [6, 6.07) is 26.5. The van der Waals surface area contributed by atoms with Crippen LogP contribution in [0, 0.1) is 5.41 Å². The molecule has 0 saturated carbocycles. The second-order valence-corrected chi connectivity index (χ2v) is 17.2. The molecule has 13 nitrogen and oxygen atoms in total. The van der Waals surface area contributed by atoms with Crippen LogP contribution < -0.4 is 10.6 Å². The Morgan fingerprint density at radius 2 is 1.56 bits per heavy atom. The first-order valence-electron chi connectivity index (χ1n) is 20.1. The molecule has 1 aliphatic carbocycles. The van der Waals surface area contributed by atoms with E-state index in [0.717, 1.165) is 33.4 Å². The van der Waals surface area contributed by atoms with Crippen LogP contribution in [0.25, 0.3) is 0 Å². The third kappa shape index (κ3) is 9.09. The molecule has 1 atom stereocenters. The highest BCUT2D eigenvalue weighted by Crippen LogP contribution is 2.47. The third-order valence-corrected chi connectivity index (χ3v) is 11.5. The molecular weight excluding hydrogens is 749 g/mol. The average Bonchev–Trinajstić information content (AvgIpc) is 3.72. The normalized spacial score (nSPS) is 17.7. The van der Waals surface area contributed by atoms with Crippen molar-refractivity contribution < 1.29 is 33.4 Å². The van der Waals surface area contributed by atoms with E-state index in [9.17, 15) is 24.0 Å². The summed E-state index contributed by atoms with van der Waals surface area (Å²) in [5, 5.41) is 5.95. The summed E-state index contributed by atoms with van der Waals surface area (Å²) in [4.78, 5) is 76.9. The number of carbonyl (C=O) groups excluding carboxylic acids is 5. The smallest absolute Gasteiger partial charge is 0.410 e. The van der Waals surface area contributed by atoms with Crippen molar-refractivity contribution in [3.8, 4) is 0 Å². The van der Waals surface area contributed by atoms with Crippen molar-refractivity contribution in [1.82, 2.24) is 19.7 Å². The molecule has 3 heterocycles. The molecule has 3 aliphatic rings.